The van der Waals surface area contributed by atoms with E-state index in [9.17, 15) is 14.9 Å². The topological polar surface area (TPSA) is 69.4 Å². The van der Waals surface area contributed by atoms with Gasteiger partial charge in [0.1, 0.15) is 5.02 Å². The lowest BCUT2D eigenvalue weighted by molar-refractivity contribution is -0.385. The van der Waals surface area contributed by atoms with Crippen molar-refractivity contribution in [2.75, 3.05) is 7.11 Å². The van der Waals surface area contributed by atoms with Gasteiger partial charge in [0.05, 0.1) is 17.6 Å². The van der Waals surface area contributed by atoms with Crippen molar-refractivity contribution in [3.05, 3.63) is 38.4 Å². The first kappa shape index (κ1) is 13.4. The maximum absolute atomic E-state index is 11.5. The molecule has 0 heterocycles. The second-order valence-electron chi connectivity index (χ2n) is 3.42. The van der Waals surface area contributed by atoms with E-state index in [1.165, 1.54) is 19.2 Å². The van der Waals surface area contributed by atoms with Crippen molar-refractivity contribution in [3.8, 4) is 0 Å². The van der Waals surface area contributed by atoms with Crippen LogP contribution in [0, 0.1) is 10.1 Å². The van der Waals surface area contributed by atoms with Crippen LogP contribution >= 0.6 is 11.6 Å². The summed E-state index contributed by atoms with van der Waals surface area (Å²) < 4.78 is 4.59. The van der Waals surface area contributed by atoms with E-state index in [1.807, 2.05) is 6.92 Å². The number of carbonyl (C=O) groups is 1. The monoisotopic (exact) mass is 257 g/mol. The van der Waals surface area contributed by atoms with Crippen LogP contribution in [-0.2, 0) is 11.2 Å². The van der Waals surface area contributed by atoms with Gasteiger partial charge in [0.15, 0.2) is 0 Å². The molecule has 0 spiro atoms. The maximum atomic E-state index is 11.5. The van der Waals surface area contributed by atoms with Crippen LogP contribution in [0.3, 0.4) is 0 Å². The molecule has 5 nitrogen and oxygen atoms in total. The molecule has 92 valence electrons. The van der Waals surface area contributed by atoms with Gasteiger partial charge in [-0.25, -0.2) is 4.79 Å². The Morgan fingerprint density at radius 1 is 1.53 bits per heavy atom. The Bertz CT molecular complexity index is 459. The average Bonchev–Trinajstić information content (AvgIpc) is 2.28. The minimum atomic E-state index is -0.590. The van der Waals surface area contributed by atoms with Crippen molar-refractivity contribution in [2.45, 2.75) is 19.8 Å². The Labute approximate surface area is 103 Å². The number of esters is 1. The molecule has 0 aliphatic carbocycles. The van der Waals surface area contributed by atoms with E-state index in [1.54, 1.807) is 0 Å². The summed E-state index contributed by atoms with van der Waals surface area (Å²) in [7, 11) is 1.23. The highest BCUT2D eigenvalue weighted by molar-refractivity contribution is 6.33. The molecule has 0 unspecified atom stereocenters. The van der Waals surface area contributed by atoms with E-state index in [0.29, 0.717) is 18.4 Å². The van der Waals surface area contributed by atoms with E-state index in [2.05, 4.69) is 4.74 Å². The smallest absolute Gasteiger partial charge is 0.338 e. The summed E-state index contributed by atoms with van der Waals surface area (Å²) in [5.74, 6) is -0.590. The van der Waals surface area contributed by atoms with Crippen LogP contribution in [0.15, 0.2) is 12.1 Å². The molecule has 0 aliphatic heterocycles. The lowest BCUT2D eigenvalue weighted by Gasteiger charge is -2.08. The van der Waals surface area contributed by atoms with E-state index in [4.69, 9.17) is 11.6 Å². The largest absolute Gasteiger partial charge is 0.465 e. The highest BCUT2D eigenvalue weighted by Crippen LogP contribution is 2.32. The Hall–Kier alpha value is -1.62. The highest BCUT2D eigenvalue weighted by atomic mass is 35.5. The zero-order valence-electron chi connectivity index (χ0n) is 9.53. The molecular formula is C11H12ClNO4. The van der Waals surface area contributed by atoms with Crippen molar-refractivity contribution in [2.24, 2.45) is 0 Å². The number of nitro benzene ring substituents is 1. The van der Waals surface area contributed by atoms with Crippen LogP contribution in [0.4, 0.5) is 5.69 Å². The molecule has 0 aromatic heterocycles. The first-order valence-electron chi connectivity index (χ1n) is 5.07. The molecule has 1 aromatic rings. The van der Waals surface area contributed by atoms with Gasteiger partial charge in [-0.3, -0.25) is 10.1 Å². The summed E-state index contributed by atoms with van der Waals surface area (Å²) in [6, 6.07) is 2.79. The summed E-state index contributed by atoms with van der Waals surface area (Å²) in [6.45, 7) is 1.87. The average molecular weight is 258 g/mol. The van der Waals surface area contributed by atoms with E-state index >= 15 is 0 Å². The maximum Gasteiger partial charge on any atom is 0.338 e. The Kier molecular flexibility index (Phi) is 4.45. The summed E-state index contributed by atoms with van der Waals surface area (Å²) >= 11 is 5.79. The number of methoxy groups -OCH3 is 1. The number of hydrogen-bond acceptors (Lipinski definition) is 4. The number of nitrogens with zero attached hydrogens (tertiary/aromatic N) is 1. The molecule has 1 rings (SSSR count). The Morgan fingerprint density at radius 2 is 2.18 bits per heavy atom. The van der Waals surface area contributed by atoms with Crippen LogP contribution in [0.1, 0.15) is 29.3 Å². The summed E-state index contributed by atoms with van der Waals surface area (Å²) in [6.07, 6.45) is 1.08. The highest BCUT2D eigenvalue weighted by Gasteiger charge is 2.24. The Morgan fingerprint density at radius 3 is 2.65 bits per heavy atom. The summed E-state index contributed by atoms with van der Waals surface area (Å²) in [5.41, 5.74) is 0.318. The van der Waals surface area contributed by atoms with Crippen molar-refractivity contribution in [1.29, 1.82) is 0 Å². The zero-order valence-corrected chi connectivity index (χ0v) is 10.3. The first-order valence-corrected chi connectivity index (χ1v) is 5.44. The van der Waals surface area contributed by atoms with Gasteiger partial charge in [-0.1, -0.05) is 24.9 Å². The van der Waals surface area contributed by atoms with Crippen LogP contribution in [0.2, 0.25) is 5.02 Å². The fourth-order valence-electron chi connectivity index (χ4n) is 1.61. The van der Waals surface area contributed by atoms with Gasteiger partial charge in [-0.05, 0) is 18.6 Å². The molecule has 0 atom stereocenters. The molecule has 0 saturated carbocycles. The van der Waals surface area contributed by atoms with Crippen LogP contribution < -0.4 is 0 Å². The van der Waals surface area contributed by atoms with Crippen molar-refractivity contribution < 1.29 is 14.5 Å². The molecule has 0 amide bonds. The Balaban J connectivity index is 3.46. The molecule has 0 N–H and O–H groups in total. The number of halogens is 1. The van der Waals surface area contributed by atoms with Gasteiger partial charge in [-0.2, -0.15) is 0 Å². The molecule has 0 radical (unpaired) electrons. The minimum absolute atomic E-state index is 0.0334. The van der Waals surface area contributed by atoms with Crippen LogP contribution in [0.25, 0.3) is 0 Å². The third-order valence-corrected chi connectivity index (χ3v) is 2.63. The third-order valence-electron chi connectivity index (χ3n) is 2.32. The van der Waals surface area contributed by atoms with E-state index in [-0.39, 0.29) is 16.3 Å². The van der Waals surface area contributed by atoms with E-state index < -0.39 is 10.9 Å². The predicted molar refractivity (Wildman–Crippen MR) is 63.4 cm³/mol. The number of rotatable bonds is 4. The summed E-state index contributed by atoms with van der Waals surface area (Å²) in [4.78, 5) is 21.9. The molecule has 17 heavy (non-hydrogen) atoms. The molecule has 6 heteroatoms. The molecule has 0 aliphatic rings. The van der Waals surface area contributed by atoms with Gasteiger partial charge in [0.2, 0.25) is 0 Å². The minimum Gasteiger partial charge on any atom is -0.465 e. The predicted octanol–water partition coefficient (Wildman–Crippen LogP) is 2.99. The van der Waals surface area contributed by atoms with Crippen LogP contribution in [-0.4, -0.2) is 18.0 Å². The van der Waals surface area contributed by atoms with Crippen LogP contribution in [0.5, 0.6) is 0 Å². The molecule has 0 saturated heterocycles. The number of ether oxygens (including phenoxy) is 1. The lowest BCUT2D eigenvalue weighted by Crippen LogP contribution is -2.08. The number of hydrogen-bond donors (Lipinski definition) is 0. The quantitative estimate of drug-likeness (QED) is 0.472. The third kappa shape index (κ3) is 2.74. The van der Waals surface area contributed by atoms with Gasteiger partial charge < -0.3 is 4.74 Å². The normalized spacial score (nSPS) is 10.1. The van der Waals surface area contributed by atoms with Gasteiger partial charge in [-0.15, -0.1) is 0 Å². The number of benzene rings is 1. The van der Waals surface area contributed by atoms with Gasteiger partial charge in [0.25, 0.3) is 5.69 Å². The summed E-state index contributed by atoms with van der Waals surface area (Å²) in [5, 5.41) is 11.0. The number of carbonyl (C=O) groups excluding carboxylic acids is 1. The van der Waals surface area contributed by atoms with E-state index in [0.717, 1.165) is 0 Å². The number of nitro groups is 1. The molecular weight excluding hydrogens is 246 g/mol. The SMILES string of the molecule is CCCc1c(C(=O)OC)ccc(Cl)c1[N+](=O)[O-]. The standard InChI is InChI=1S/C11H12ClNO4/c1-3-4-7-8(11(14)17-2)5-6-9(12)10(7)13(15)16/h5-6H,3-4H2,1-2H3. The second kappa shape index (κ2) is 5.63. The first-order chi connectivity index (χ1) is 8.02. The zero-order chi connectivity index (χ0) is 13.0. The van der Waals surface area contributed by atoms with Crippen molar-refractivity contribution >= 4 is 23.3 Å². The molecule has 1 aromatic carbocycles. The van der Waals surface area contributed by atoms with Crippen molar-refractivity contribution in [1.82, 2.24) is 0 Å². The molecule has 0 fully saturated rings. The molecule has 0 bridgehead atoms. The second-order valence-corrected chi connectivity index (χ2v) is 3.83. The fourth-order valence-corrected chi connectivity index (χ4v) is 1.86. The van der Waals surface area contributed by atoms with Gasteiger partial charge >= 0.3 is 5.97 Å². The fraction of sp³-hybridized carbons (Fsp3) is 0.364. The van der Waals surface area contributed by atoms with Gasteiger partial charge in [0, 0.05) is 5.56 Å². The van der Waals surface area contributed by atoms with Crippen molar-refractivity contribution in [3.63, 3.8) is 0 Å². The lowest BCUT2D eigenvalue weighted by atomic mass is 10.0.